The van der Waals surface area contributed by atoms with Gasteiger partial charge >= 0.3 is 6.36 Å². The standard InChI is InChI=1S/C12H8ClF3N2O/c1-7-6-10(13)18-11(17-7)8-2-4-9(5-3-8)19-12(14,15)16/h2-6H,1H3. The van der Waals surface area contributed by atoms with Crippen LogP contribution in [0.25, 0.3) is 11.4 Å². The maximum absolute atomic E-state index is 12.0. The fraction of sp³-hybridized carbons (Fsp3) is 0.167. The van der Waals surface area contributed by atoms with Crippen LogP contribution in [-0.2, 0) is 0 Å². The molecule has 0 N–H and O–H groups in total. The Labute approximate surface area is 112 Å². The van der Waals surface area contributed by atoms with Crippen molar-refractivity contribution in [3.63, 3.8) is 0 Å². The van der Waals surface area contributed by atoms with Crippen LogP contribution in [0.1, 0.15) is 5.69 Å². The van der Waals surface area contributed by atoms with Gasteiger partial charge in [0.05, 0.1) is 0 Å². The average Bonchev–Trinajstić information content (AvgIpc) is 2.26. The fourth-order valence-corrected chi connectivity index (χ4v) is 1.70. The molecule has 0 unspecified atom stereocenters. The van der Waals surface area contributed by atoms with Gasteiger partial charge in [-0.25, -0.2) is 9.97 Å². The van der Waals surface area contributed by atoms with Crippen molar-refractivity contribution < 1.29 is 17.9 Å². The third-order valence-corrected chi connectivity index (χ3v) is 2.36. The molecule has 100 valence electrons. The van der Waals surface area contributed by atoms with Gasteiger partial charge < -0.3 is 4.74 Å². The number of rotatable bonds is 2. The number of nitrogens with zero attached hydrogens (tertiary/aromatic N) is 2. The maximum atomic E-state index is 12.0. The molecule has 0 saturated heterocycles. The molecule has 0 aliphatic heterocycles. The van der Waals surface area contributed by atoms with Crippen LogP contribution in [0.4, 0.5) is 13.2 Å². The lowest BCUT2D eigenvalue weighted by atomic mass is 10.2. The van der Waals surface area contributed by atoms with Gasteiger partial charge in [0.1, 0.15) is 10.9 Å². The first-order valence-corrected chi connectivity index (χ1v) is 5.59. The summed E-state index contributed by atoms with van der Waals surface area (Å²) in [6.45, 7) is 1.75. The molecule has 2 aromatic rings. The maximum Gasteiger partial charge on any atom is 0.573 e. The van der Waals surface area contributed by atoms with E-state index >= 15 is 0 Å². The van der Waals surface area contributed by atoms with Gasteiger partial charge in [-0.15, -0.1) is 13.2 Å². The molecule has 2 rings (SSSR count). The summed E-state index contributed by atoms with van der Waals surface area (Å²) in [4.78, 5) is 8.15. The largest absolute Gasteiger partial charge is 0.573 e. The van der Waals surface area contributed by atoms with Gasteiger partial charge in [0.15, 0.2) is 5.82 Å². The van der Waals surface area contributed by atoms with Crippen LogP contribution in [0.5, 0.6) is 5.75 Å². The molecule has 7 heteroatoms. The van der Waals surface area contributed by atoms with E-state index in [0.717, 1.165) is 0 Å². The highest BCUT2D eigenvalue weighted by molar-refractivity contribution is 6.29. The van der Waals surface area contributed by atoms with E-state index < -0.39 is 6.36 Å². The topological polar surface area (TPSA) is 35.0 Å². The molecular formula is C12H8ClF3N2O. The normalized spacial score (nSPS) is 11.4. The van der Waals surface area contributed by atoms with Gasteiger partial charge in [0.2, 0.25) is 0 Å². The second-order valence-corrected chi connectivity index (χ2v) is 4.12. The lowest BCUT2D eigenvalue weighted by molar-refractivity contribution is -0.274. The Morgan fingerprint density at radius 1 is 1.11 bits per heavy atom. The smallest absolute Gasteiger partial charge is 0.406 e. The second kappa shape index (κ2) is 5.05. The van der Waals surface area contributed by atoms with Crippen LogP contribution < -0.4 is 4.74 Å². The zero-order valence-corrected chi connectivity index (χ0v) is 10.5. The van der Waals surface area contributed by atoms with Gasteiger partial charge in [0, 0.05) is 11.3 Å². The summed E-state index contributed by atoms with van der Waals surface area (Å²) >= 11 is 5.79. The summed E-state index contributed by atoms with van der Waals surface area (Å²) < 4.78 is 39.8. The minimum Gasteiger partial charge on any atom is -0.406 e. The van der Waals surface area contributed by atoms with Crippen molar-refractivity contribution in [3.8, 4) is 17.1 Å². The van der Waals surface area contributed by atoms with Crippen LogP contribution in [0.2, 0.25) is 5.15 Å². The third kappa shape index (κ3) is 3.82. The first-order valence-electron chi connectivity index (χ1n) is 5.21. The molecule has 0 radical (unpaired) electrons. The van der Waals surface area contributed by atoms with Crippen molar-refractivity contribution >= 4 is 11.6 Å². The number of halogens is 4. The number of aryl methyl sites for hydroxylation is 1. The van der Waals surface area contributed by atoms with E-state index in [1.54, 1.807) is 13.0 Å². The first kappa shape index (κ1) is 13.6. The van der Waals surface area contributed by atoms with Gasteiger partial charge in [-0.3, -0.25) is 0 Å². The molecule has 0 bridgehead atoms. The van der Waals surface area contributed by atoms with Crippen LogP contribution >= 0.6 is 11.6 Å². The number of benzene rings is 1. The molecule has 1 heterocycles. The zero-order valence-electron chi connectivity index (χ0n) is 9.70. The molecule has 3 nitrogen and oxygen atoms in total. The van der Waals surface area contributed by atoms with Crippen molar-refractivity contribution in [2.45, 2.75) is 13.3 Å². The minimum absolute atomic E-state index is 0.276. The zero-order chi connectivity index (χ0) is 14.0. The monoisotopic (exact) mass is 288 g/mol. The number of ether oxygens (including phenoxy) is 1. The number of aromatic nitrogens is 2. The van der Waals surface area contributed by atoms with Crippen molar-refractivity contribution in [1.82, 2.24) is 9.97 Å². The highest BCUT2D eigenvalue weighted by Gasteiger charge is 2.30. The highest BCUT2D eigenvalue weighted by atomic mass is 35.5. The van der Waals surface area contributed by atoms with Gasteiger partial charge in [-0.1, -0.05) is 11.6 Å². The number of alkyl halides is 3. The molecule has 0 amide bonds. The predicted octanol–water partition coefficient (Wildman–Crippen LogP) is 4.00. The third-order valence-electron chi connectivity index (χ3n) is 2.17. The SMILES string of the molecule is Cc1cc(Cl)nc(-c2ccc(OC(F)(F)F)cc2)n1. The average molecular weight is 289 g/mol. The summed E-state index contributed by atoms with van der Waals surface area (Å²) in [7, 11) is 0. The Hall–Kier alpha value is -1.82. The minimum atomic E-state index is -4.70. The quantitative estimate of drug-likeness (QED) is 0.783. The number of hydrogen-bond acceptors (Lipinski definition) is 3. The molecule has 1 aromatic heterocycles. The molecule has 0 spiro atoms. The Kier molecular flexibility index (Phi) is 3.61. The van der Waals surface area contributed by atoms with E-state index in [4.69, 9.17) is 11.6 Å². The lowest BCUT2D eigenvalue weighted by Gasteiger charge is -2.09. The van der Waals surface area contributed by atoms with Crippen LogP contribution in [0.3, 0.4) is 0 Å². The Bertz CT molecular complexity index is 564. The molecule has 1 aromatic carbocycles. The molecule has 0 aliphatic carbocycles. The Balaban J connectivity index is 2.27. The van der Waals surface area contributed by atoms with Crippen molar-refractivity contribution in [2.24, 2.45) is 0 Å². The van der Waals surface area contributed by atoms with Crippen LogP contribution in [0.15, 0.2) is 30.3 Å². The van der Waals surface area contributed by atoms with E-state index in [0.29, 0.717) is 17.1 Å². The summed E-state index contributed by atoms with van der Waals surface area (Å²) in [6, 6.07) is 6.86. The van der Waals surface area contributed by atoms with E-state index in [9.17, 15) is 13.2 Å². The van der Waals surface area contributed by atoms with E-state index in [-0.39, 0.29) is 10.9 Å². The summed E-state index contributed by atoms with van der Waals surface area (Å²) in [6.07, 6.45) is -4.70. The number of hydrogen-bond donors (Lipinski definition) is 0. The first-order chi connectivity index (χ1) is 8.83. The fourth-order valence-electron chi connectivity index (χ4n) is 1.46. The molecule has 0 fully saturated rings. The van der Waals surface area contributed by atoms with Crippen molar-refractivity contribution in [2.75, 3.05) is 0 Å². The van der Waals surface area contributed by atoms with Gasteiger partial charge in [0.25, 0.3) is 0 Å². The van der Waals surface area contributed by atoms with Crippen molar-refractivity contribution in [3.05, 3.63) is 41.2 Å². The van der Waals surface area contributed by atoms with E-state index in [1.165, 1.54) is 24.3 Å². The second-order valence-electron chi connectivity index (χ2n) is 3.73. The predicted molar refractivity (Wildman–Crippen MR) is 63.9 cm³/mol. The molecule has 19 heavy (non-hydrogen) atoms. The Morgan fingerprint density at radius 3 is 2.26 bits per heavy atom. The highest BCUT2D eigenvalue weighted by Crippen LogP contribution is 2.25. The molecule has 0 saturated carbocycles. The summed E-state index contributed by atoms with van der Waals surface area (Å²) in [5, 5.41) is 0.276. The lowest BCUT2D eigenvalue weighted by Crippen LogP contribution is -2.16. The molecular weight excluding hydrogens is 281 g/mol. The van der Waals surface area contributed by atoms with E-state index in [2.05, 4.69) is 14.7 Å². The van der Waals surface area contributed by atoms with Crippen LogP contribution in [0, 0.1) is 6.92 Å². The van der Waals surface area contributed by atoms with Gasteiger partial charge in [-0.05, 0) is 37.3 Å². The van der Waals surface area contributed by atoms with E-state index in [1.807, 2.05) is 0 Å². The summed E-state index contributed by atoms with van der Waals surface area (Å²) in [5.74, 6) is 0.0542. The van der Waals surface area contributed by atoms with Crippen LogP contribution in [-0.4, -0.2) is 16.3 Å². The van der Waals surface area contributed by atoms with Crippen molar-refractivity contribution in [1.29, 1.82) is 0 Å². The Morgan fingerprint density at radius 2 is 1.74 bits per heavy atom. The summed E-state index contributed by atoms with van der Waals surface area (Å²) in [5.41, 5.74) is 1.23. The van der Waals surface area contributed by atoms with Gasteiger partial charge in [-0.2, -0.15) is 0 Å². The molecule has 0 atom stereocenters. The molecule has 0 aliphatic rings.